The van der Waals surface area contributed by atoms with Gasteiger partial charge in [-0.05, 0) is 46.7 Å². The first kappa shape index (κ1) is 17.8. The molecule has 118 valence electrons. The molecule has 0 radical (unpaired) electrons. The minimum Gasteiger partial charge on any atom is -0.507 e. The number of carbonyl (C=O) groups excluding carboxylic acids is 1. The number of esters is 1. The van der Waals surface area contributed by atoms with Gasteiger partial charge in [-0.1, -0.05) is 34.6 Å². The zero-order chi connectivity index (χ0) is 16.9. The van der Waals surface area contributed by atoms with Crippen LogP contribution in [0.25, 0.3) is 10.9 Å². The Balaban J connectivity index is 3.35. The van der Waals surface area contributed by atoms with Gasteiger partial charge in [0.25, 0.3) is 5.97 Å². The highest BCUT2D eigenvalue weighted by molar-refractivity contribution is 5.72. The normalized spacial score (nSPS) is 11.6. The summed E-state index contributed by atoms with van der Waals surface area (Å²) in [7, 11) is 0. The molecule has 1 aromatic carbocycles. The third-order valence-electron chi connectivity index (χ3n) is 3.34. The van der Waals surface area contributed by atoms with E-state index >= 15 is 0 Å². The fraction of sp³-hybridized carbons (Fsp3) is 0.444. The van der Waals surface area contributed by atoms with Crippen molar-refractivity contribution in [3.8, 4) is 5.75 Å². The predicted molar refractivity (Wildman–Crippen MR) is 87.2 cm³/mol. The number of hydrogen-bond donors (Lipinski definition) is 1. The number of hydrogen-bond acceptors (Lipinski definition) is 3. The zero-order valence-electron chi connectivity index (χ0n) is 13.8. The van der Waals surface area contributed by atoms with Crippen LogP contribution in [-0.2, 0) is 9.53 Å². The van der Waals surface area contributed by atoms with E-state index in [1.54, 1.807) is 6.92 Å². The molecule has 4 heteroatoms. The van der Waals surface area contributed by atoms with Gasteiger partial charge in [0, 0.05) is 6.42 Å². The summed E-state index contributed by atoms with van der Waals surface area (Å²) >= 11 is 0. The van der Waals surface area contributed by atoms with Crippen LogP contribution < -0.4 is 0 Å². The average molecular weight is 301 g/mol. The Bertz CT molecular complexity index is 593. The number of nitrogens with zero attached hydrogens (tertiary/aromatic N) is 1. The van der Waals surface area contributed by atoms with Crippen molar-refractivity contribution in [3.63, 3.8) is 0 Å². The van der Waals surface area contributed by atoms with Crippen LogP contribution in [0.5, 0.6) is 5.75 Å². The predicted octanol–water partition coefficient (Wildman–Crippen LogP) is 4.81. The highest BCUT2D eigenvalue weighted by Crippen LogP contribution is 2.35. The zero-order valence-corrected chi connectivity index (χ0v) is 13.8. The number of phenolic OH excluding ortho intramolecular Hbond substituents is 1. The molecule has 0 saturated carbocycles. The smallest absolute Gasteiger partial charge is 0.348 e. The summed E-state index contributed by atoms with van der Waals surface area (Å²) in [6.07, 6.45) is 1.76. The summed E-state index contributed by atoms with van der Waals surface area (Å²) in [5.41, 5.74) is 2.40. The summed E-state index contributed by atoms with van der Waals surface area (Å²) in [6, 6.07) is 3.66. The number of rotatable bonds is 5. The molecule has 0 amide bonds. The first-order valence-electron chi connectivity index (χ1n) is 7.46. The van der Waals surface area contributed by atoms with Gasteiger partial charge in [0.2, 0.25) is 0 Å². The van der Waals surface area contributed by atoms with Gasteiger partial charge in [0.15, 0.2) is 0 Å². The van der Waals surface area contributed by atoms with Crippen LogP contribution in [-0.4, -0.2) is 11.1 Å². The van der Waals surface area contributed by atoms with E-state index in [0.29, 0.717) is 5.75 Å². The van der Waals surface area contributed by atoms with Gasteiger partial charge < -0.3 is 9.84 Å². The van der Waals surface area contributed by atoms with Crippen LogP contribution in [0.3, 0.4) is 0 Å². The fourth-order valence-corrected chi connectivity index (χ4v) is 2.08. The topological polar surface area (TPSA) is 50.9 Å². The lowest BCUT2D eigenvalue weighted by Crippen LogP contribution is -2.01. The fourth-order valence-electron chi connectivity index (χ4n) is 2.08. The lowest BCUT2D eigenvalue weighted by molar-refractivity contribution is -0.138. The first-order valence-corrected chi connectivity index (χ1v) is 7.46. The minimum absolute atomic E-state index is 0.0537. The van der Waals surface area contributed by atoms with Crippen molar-refractivity contribution in [3.05, 3.63) is 46.1 Å². The average Bonchev–Trinajstić information content (AvgIpc) is 2.47. The van der Waals surface area contributed by atoms with E-state index in [1.165, 1.54) is 6.08 Å². The summed E-state index contributed by atoms with van der Waals surface area (Å²) in [6.45, 7) is 16.8. The second-order valence-corrected chi connectivity index (χ2v) is 5.78. The maximum atomic E-state index is 11.3. The molecule has 0 spiro atoms. The molecule has 1 N–H and O–H groups in total. The molecule has 0 saturated heterocycles. The molecule has 0 bridgehead atoms. The van der Waals surface area contributed by atoms with Crippen LogP contribution in [0.15, 0.2) is 18.0 Å². The lowest BCUT2D eigenvalue weighted by atomic mass is 9.91. The van der Waals surface area contributed by atoms with E-state index in [0.717, 1.165) is 16.7 Å². The number of benzene rings is 1. The number of ether oxygens (including phenoxy) is 1. The Morgan fingerprint density at radius 2 is 1.77 bits per heavy atom. The van der Waals surface area contributed by atoms with Crippen LogP contribution >= 0.6 is 0 Å². The van der Waals surface area contributed by atoms with Gasteiger partial charge in [-0.2, -0.15) is 4.85 Å². The molecule has 1 aromatic rings. The van der Waals surface area contributed by atoms with Gasteiger partial charge in [0.05, 0.1) is 6.57 Å². The van der Waals surface area contributed by atoms with Gasteiger partial charge >= 0.3 is 5.88 Å². The summed E-state index contributed by atoms with van der Waals surface area (Å²) in [5.74, 6) is 0.120. The van der Waals surface area contributed by atoms with Crippen molar-refractivity contribution in [1.29, 1.82) is 0 Å². The van der Waals surface area contributed by atoms with E-state index in [4.69, 9.17) is 11.3 Å². The van der Waals surface area contributed by atoms with E-state index in [2.05, 4.69) is 4.85 Å². The largest absolute Gasteiger partial charge is 0.507 e. The van der Waals surface area contributed by atoms with Crippen molar-refractivity contribution in [1.82, 2.24) is 0 Å². The molecule has 0 aromatic heterocycles. The third kappa shape index (κ3) is 4.36. The van der Waals surface area contributed by atoms with Crippen LogP contribution in [0.1, 0.15) is 69.6 Å². The molecule has 0 unspecified atom stereocenters. The number of phenols is 1. The number of carbonyl (C=O) groups is 1. The highest BCUT2D eigenvalue weighted by Gasteiger charge is 2.15. The quantitative estimate of drug-likeness (QED) is 0.482. The van der Waals surface area contributed by atoms with Crippen LogP contribution in [0.2, 0.25) is 0 Å². The van der Waals surface area contributed by atoms with Gasteiger partial charge in [-0.3, -0.25) is 4.79 Å². The van der Waals surface area contributed by atoms with E-state index < -0.39 is 5.97 Å². The molecular formula is C18H23NO3. The van der Waals surface area contributed by atoms with E-state index in [-0.39, 0.29) is 24.1 Å². The summed E-state index contributed by atoms with van der Waals surface area (Å²) in [4.78, 5) is 14.6. The Kier molecular flexibility index (Phi) is 6.18. The van der Waals surface area contributed by atoms with Crippen molar-refractivity contribution in [2.45, 2.75) is 52.9 Å². The first-order chi connectivity index (χ1) is 10.3. The van der Waals surface area contributed by atoms with Crippen molar-refractivity contribution >= 4 is 12.0 Å². The standard InChI is InChI=1S/C18H23NO3/c1-7-17(20)22-16(19-6)10-13-8-14(11(2)3)18(21)15(9-13)12(4)5/h8-12,21H,7H2,1-5H3. The monoisotopic (exact) mass is 301 g/mol. The second kappa shape index (κ2) is 7.65. The molecule has 22 heavy (non-hydrogen) atoms. The third-order valence-corrected chi connectivity index (χ3v) is 3.34. The maximum absolute atomic E-state index is 11.3. The molecule has 4 nitrogen and oxygen atoms in total. The van der Waals surface area contributed by atoms with Crippen molar-refractivity contribution in [2.24, 2.45) is 0 Å². The lowest BCUT2D eigenvalue weighted by Gasteiger charge is -2.16. The Morgan fingerprint density at radius 1 is 1.27 bits per heavy atom. The highest BCUT2D eigenvalue weighted by atomic mass is 16.5. The van der Waals surface area contributed by atoms with E-state index in [9.17, 15) is 9.90 Å². The van der Waals surface area contributed by atoms with Gasteiger partial charge in [0.1, 0.15) is 5.75 Å². The molecule has 0 fully saturated rings. The molecule has 0 aliphatic rings. The molecule has 0 aliphatic carbocycles. The Hall–Kier alpha value is -2.28. The van der Waals surface area contributed by atoms with Crippen molar-refractivity contribution in [2.75, 3.05) is 0 Å². The molecule has 1 rings (SSSR count). The Morgan fingerprint density at radius 3 is 2.14 bits per heavy atom. The van der Waals surface area contributed by atoms with Gasteiger partial charge in [-0.25, -0.2) is 0 Å². The van der Waals surface area contributed by atoms with E-state index in [1.807, 2.05) is 39.8 Å². The van der Waals surface area contributed by atoms with Gasteiger partial charge in [-0.15, -0.1) is 0 Å². The number of aromatic hydroxyl groups is 1. The molecule has 0 heterocycles. The van der Waals surface area contributed by atoms with Crippen molar-refractivity contribution < 1.29 is 14.6 Å². The van der Waals surface area contributed by atoms with Crippen LogP contribution in [0.4, 0.5) is 0 Å². The molecule has 0 atom stereocenters. The molecule has 0 aliphatic heterocycles. The SMILES string of the molecule is [C-]#[N+]C(=Cc1cc(C(C)C)c(O)c(C(C)C)c1)OC(=O)CC. The Labute approximate surface area is 132 Å². The summed E-state index contributed by atoms with van der Waals surface area (Å²) in [5, 5.41) is 10.4. The maximum Gasteiger partial charge on any atom is 0.348 e. The second-order valence-electron chi connectivity index (χ2n) is 5.78. The van der Waals surface area contributed by atoms with Crippen LogP contribution in [0, 0.1) is 6.57 Å². The summed E-state index contributed by atoms with van der Waals surface area (Å²) < 4.78 is 4.99. The minimum atomic E-state index is -0.436. The molecular weight excluding hydrogens is 278 g/mol.